The second-order valence-electron chi connectivity index (χ2n) is 3.36. The SMILES string of the molecule is CNCCC(=O)Nc1cc(F)ccc1C.Cl. The monoisotopic (exact) mass is 246 g/mol. The van der Waals surface area contributed by atoms with Crippen LogP contribution in [0, 0.1) is 12.7 Å². The fourth-order valence-corrected chi connectivity index (χ4v) is 1.18. The lowest BCUT2D eigenvalue weighted by atomic mass is 10.2. The van der Waals surface area contributed by atoms with E-state index in [1.165, 1.54) is 12.1 Å². The van der Waals surface area contributed by atoms with E-state index >= 15 is 0 Å². The molecule has 0 fully saturated rings. The van der Waals surface area contributed by atoms with Crippen molar-refractivity contribution in [1.82, 2.24) is 5.32 Å². The first kappa shape index (κ1) is 14.9. The summed E-state index contributed by atoms with van der Waals surface area (Å²) in [6, 6.07) is 4.34. The summed E-state index contributed by atoms with van der Waals surface area (Å²) in [7, 11) is 1.78. The van der Waals surface area contributed by atoms with Crippen LogP contribution in [-0.2, 0) is 4.79 Å². The van der Waals surface area contributed by atoms with E-state index < -0.39 is 0 Å². The molecule has 0 atom stereocenters. The lowest BCUT2D eigenvalue weighted by Crippen LogP contribution is -2.19. The number of aryl methyl sites for hydroxylation is 1. The highest BCUT2D eigenvalue weighted by Gasteiger charge is 2.04. The molecule has 0 aliphatic heterocycles. The number of anilines is 1. The molecule has 5 heteroatoms. The summed E-state index contributed by atoms with van der Waals surface area (Å²) < 4.78 is 12.9. The van der Waals surface area contributed by atoms with Gasteiger partial charge in [-0.1, -0.05) is 6.07 Å². The van der Waals surface area contributed by atoms with Crippen LogP contribution < -0.4 is 10.6 Å². The number of hydrogen-bond acceptors (Lipinski definition) is 2. The van der Waals surface area contributed by atoms with E-state index in [1.54, 1.807) is 13.1 Å². The standard InChI is InChI=1S/C11H15FN2O.ClH/c1-8-3-4-9(12)7-10(8)14-11(15)5-6-13-2;/h3-4,7,13H,5-6H2,1-2H3,(H,14,15);1H. The van der Waals surface area contributed by atoms with E-state index in [1.807, 2.05) is 6.92 Å². The van der Waals surface area contributed by atoms with Gasteiger partial charge >= 0.3 is 0 Å². The Morgan fingerprint density at radius 3 is 2.75 bits per heavy atom. The van der Waals surface area contributed by atoms with Gasteiger partial charge in [0.15, 0.2) is 0 Å². The number of carbonyl (C=O) groups excluding carboxylic acids is 1. The topological polar surface area (TPSA) is 41.1 Å². The molecule has 0 aliphatic rings. The van der Waals surface area contributed by atoms with Crippen LogP contribution in [-0.4, -0.2) is 19.5 Å². The van der Waals surface area contributed by atoms with E-state index in [-0.39, 0.29) is 24.1 Å². The molecule has 0 radical (unpaired) electrons. The average Bonchev–Trinajstić information content (AvgIpc) is 2.20. The Balaban J connectivity index is 0.00000225. The molecule has 1 aromatic rings. The van der Waals surface area contributed by atoms with E-state index in [4.69, 9.17) is 0 Å². The van der Waals surface area contributed by atoms with Gasteiger partial charge in [0.25, 0.3) is 0 Å². The van der Waals surface area contributed by atoms with Crippen molar-refractivity contribution in [2.75, 3.05) is 18.9 Å². The van der Waals surface area contributed by atoms with Crippen molar-refractivity contribution < 1.29 is 9.18 Å². The fraction of sp³-hybridized carbons (Fsp3) is 0.364. The summed E-state index contributed by atoms with van der Waals surface area (Å²) in [6.45, 7) is 2.44. The highest BCUT2D eigenvalue weighted by Crippen LogP contribution is 2.15. The highest BCUT2D eigenvalue weighted by molar-refractivity contribution is 5.91. The van der Waals surface area contributed by atoms with Gasteiger partial charge < -0.3 is 10.6 Å². The zero-order valence-electron chi connectivity index (χ0n) is 9.34. The molecule has 1 amide bonds. The molecule has 2 N–H and O–H groups in total. The summed E-state index contributed by atoms with van der Waals surface area (Å²) in [5.41, 5.74) is 1.39. The van der Waals surface area contributed by atoms with Crippen molar-refractivity contribution in [3.05, 3.63) is 29.6 Å². The second-order valence-corrected chi connectivity index (χ2v) is 3.36. The Kier molecular flexibility index (Phi) is 6.69. The Morgan fingerprint density at radius 2 is 2.12 bits per heavy atom. The van der Waals surface area contributed by atoms with Gasteiger partial charge in [0, 0.05) is 18.7 Å². The van der Waals surface area contributed by atoms with Crippen molar-refractivity contribution in [1.29, 1.82) is 0 Å². The van der Waals surface area contributed by atoms with Crippen molar-refractivity contribution in [2.45, 2.75) is 13.3 Å². The van der Waals surface area contributed by atoms with Gasteiger partial charge in [-0.25, -0.2) is 4.39 Å². The molecule has 1 rings (SSSR count). The largest absolute Gasteiger partial charge is 0.326 e. The van der Waals surface area contributed by atoms with Crippen molar-refractivity contribution in [2.24, 2.45) is 0 Å². The number of rotatable bonds is 4. The Morgan fingerprint density at radius 1 is 1.44 bits per heavy atom. The van der Waals surface area contributed by atoms with Crippen molar-refractivity contribution in [3.8, 4) is 0 Å². The first-order valence-corrected chi connectivity index (χ1v) is 4.84. The van der Waals surface area contributed by atoms with E-state index in [2.05, 4.69) is 10.6 Å². The maximum Gasteiger partial charge on any atom is 0.225 e. The van der Waals surface area contributed by atoms with Gasteiger partial charge in [-0.05, 0) is 31.7 Å². The molecule has 90 valence electrons. The first-order valence-electron chi connectivity index (χ1n) is 4.84. The second kappa shape index (κ2) is 7.19. The normalized spacial score (nSPS) is 9.44. The van der Waals surface area contributed by atoms with Crippen LogP contribution in [0.4, 0.5) is 10.1 Å². The predicted molar refractivity (Wildman–Crippen MR) is 65.6 cm³/mol. The third kappa shape index (κ3) is 4.59. The summed E-state index contributed by atoms with van der Waals surface area (Å²) in [6.07, 6.45) is 0.381. The van der Waals surface area contributed by atoms with Crippen LogP contribution in [0.5, 0.6) is 0 Å². The maximum atomic E-state index is 12.9. The number of halogens is 2. The molecule has 0 saturated carbocycles. The van der Waals surface area contributed by atoms with Gasteiger partial charge in [0.05, 0.1) is 0 Å². The molecule has 3 nitrogen and oxygen atoms in total. The Bertz CT molecular complexity index is 358. The fourth-order valence-electron chi connectivity index (χ4n) is 1.18. The summed E-state index contributed by atoms with van der Waals surface area (Å²) in [5, 5.41) is 5.54. The maximum absolute atomic E-state index is 12.9. The third-order valence-corrected chi connectivity index (χ3v) is 2.08. The van der Waals surface area contributed by atoms with Crippen LogP contribution in [0.2, 0.25) is 0 Å². The van der Waals surface area contributed by atoms with E-state index in [9.17, 15) is 9.18 Å². The van der Waals surface area contributed by atoms with Gasteiger partial charge in [-0.15, -0.1) is 12.4 Å². The zero-order valence-corrected chi connectivity index (χ0v) is 10.2. The minimum atomic E-state index is -0.343. The average molecular weight is 247 g/mol. The molecular formula is C11H16ClFN2O. The van der Waals surface area contributed by atoms with E-state index in [0.29, 0.717) is 18.7 Å². The molecule has 0 spiro atoms. The first-order chi connectivity index (χ1) is 7.13. The van der Waals surface area contributed by atoms with Gasteiger partial charge in [0.2, 0.25) is 5.91 Å². The predicted octanol–water partition coefficient (Wildman–Crippen LogP) is 2.10. The van der Waals surface area contributed by atoms with Gasteiger partial charge in [-0.3, -0.25) is 4.79 Å². The summed E-state index contributed by atoms with van der Waals surface area (Å²) >= 11 is 0. The molecule has 0 bridgehead atoms. The number of nitrogens with one attached hydrogen (secondary N) is 2. The van der Waals surface area contributed by atoms with Crippen molar-refractivity contribution >= 4 is 24.0 Å². The Hall–Kier alpha value is -1.13. The molecular weight excluding hydrogens is 231 g/mol. The third-order valence-electron chi connectivity index (χ3n) is 2.08. The van der Waals surface area contributed by atoms with Gasteiger partial charge in [-0.2, -0.15) is 0 Å². The summed E-state index contributed by atoms with van der Waals surface area (Å²) in [4.78, 5) is 11.4. The number of benzene rings is 1. The molecule has 0 unspecified atom stereocenters. The smallest absolute Gasteiger partial charge is 0.225 e. The Labute approximate surface area is 101 Å². The quantitative estimate of drug-likeness (QED) is 0.854. The van der Waals surface area contributed by atoms with Crippen LogP contribution in [0.1, 0.15) is 12.0 Å². The lowest BCUT2D eigenvalue weighted by Gasteiger charge is -2.08. The number of carbonyl (C=O) groups is 1. The highest BCUT2D eigenvalue weighted by atomic mass is 35.5. The molecule has 0 aliphatic carbocycles. The number of amides is 1. The van der Waals surface area contributed by atoms with Crippen molar-refractivity contribution in [3.63, 3.8) is 0 Å². The molecule has 0 heterocycles. The van der Waals surface area contributed by atoms with Crippen LogP contribution >= 0.6 is 12.4 Å². The summed E-state index contributed by atoms with van der Waals surface area (Å²) in [5.74, 6) is -0.456. The molecule has 0 aromatic heterocycles. The molecule has 0 saturated heterocycles. The van der Waals surface area contributed by atoms with Crippen LogP contribution in [0.25, 0.3) is 0 Å². The molecule has 16 heavy (non-hydrogen) atoms. The minimum Gasteiger partial charge on any atom is -0.326 e. The van der Waals surface area contributed by atoms with Gasteiger partial charge in [0.1, 0.15) is 5.82 Å². The van der Waals surface area contributed by atoms with Crippen LogP contribution in [0.15, 0.2) is 18.2 Å². The van der Waals surface area contributed by atoms with Crippen LogP contribution in [0.3, 0.4) is 0 Å². The zero-order chi connectivity index (χ0) is 11.3. The van der Waals surface area contributed by atoms with E-state index in [0.717, 1.165) is 5.56 Å². The number of hydrogen-bond donors (Lipinski definition) is 2. The minimum absolute atomic E-state index is 0. The molecule has 1 aromatic carbocycles. The lowest BCUT2D eigenvalue weighted by molar-refractivity contribution is -0.116.